The summed E-state index contributed by atoms with van der Waals surface area (Å²) < 4.78 is 6.98. The number of ether oxygens (including phenoxy) is 1. The van der Waals surface area contributed by atoms with Gasteiger partial charge in [-0.1, -0.05) is 0 Å². The second-order valence-corrected chi connectivity index (χ2v) is 5.33. The topological polar surface area (TPSA) is 89.9 Å². The van der Waals surface area contributed by atoms with Crippen molar-refractivity contribution in [2.24, 2.45) is 0 Å². The summed E-state index contributed by atoms with van der Waals surface area (Å²) in [5.41, 5.74) is 1.19. The number of carbonyl (C=O) groups excluding carboxylic acids is 1. The van der Waals surface area contributed by atoms with Gasteiger partial charge < -0.3 is 9.30 Å². The van der Waals surface area contributed by atoms with Crippen molar-refractivity contribution in [2.45, 2.75) is 32.7 Å². The molecule has 122 valence electrons. The van der Waals surface area contributed by atoms with E-state index in [9.17, 15) is 9.59 Å². The maximum Gasteiger partial charge on any atom is 0.305 e. The Balaban J connectivity index is 2.09. The average Bonchev–Trinajstić information content (AvgIpc) is 2.53. The van der Waals surface area contributed by atoms with Gasteiger partial charge in [-0.2, -0.15) is 0 Å². The zero-order valence-electron chi connectivity index (χ0n) is 12.8. The van der Waals surface area contributed by atoms with Gasteiger partial charge in [-0.3, -0.25) is 14.6 Å². The molecule has 0 amide bonds. The van der Waals surface area contributed by atoms with E-state index in [1.54, 1.807) is 30.1 Å². The average molecular weight is 334 g/mol. The van der Waals surface area contributed by atoms with Crippen LogP contribution in [0.1, 0.15) is 30.9 Å². The van der Waals surface area contributed by atoms with E-state index in [4.69, 9.17) is 17.0 Å². The third kappa shape index (κ3) is 5.10. The Morgan fingerprint density at radius 2 is 2.13 bits per heavy atom. The maximum atomic E-state index is 12.0. The van der Waals surface area contributed by atoms with E-state index in [0.717, 1.165) is 5.56 Å². The van der Waals surface area contributed by atoms with Gasteiger partial charge in [0.05, 0.1) is 6.61 Å². The quantitative estimate of drug-likeness (QED) is 0.611. The second-order valence-electron chi connectivity index (χ2n) is 4.94. The van der Waals surface area contributed by atoms with E-state index in [-0.39, 0.29) is 11.5 Å². The van der Waals surface area contributed by atoms with Crippen LogP contribution in [0.25, 0.3) is 0 Å². The molecule has 2 aromatic heterocycles. The van der Waals surface area contributed by atoms with Crippen LogP contribution >= 0.6 is 12.2 Å². The summed E-state index contributed by atoms with van der Waals surface area (Å²) in [6.45, 7) is 2.68. The lowest BCUT2D eigenvalue weighted by Crippen LogP contribution is -2.19. The highest BCUT2D eigenvalue weighted by molar-refractivity contribution is 7.71. The number of H-pyrrole nitrogens is 1. The Morgan fingerprint density at radius 1 is 1.39 bits per heavy atom. The van der Waals surface area contributed by atoms with Crippen molar-refractivity contribution >= 4 is 18.2 Å². The minimum Gasteiger partial charge on any atom is -0.466 e. The normalized spacial score (nSPS) is 10.5. The summed E-state index contributed by atoms with van der Waals surface area (Å²) in [5.74, 6) is -0.231. The summed E-state index contributed by atoms with van der Waals surface area (Å²) in [5, 5.41) is 0. The molecule has 0 saturated carbocycles. The summed E-state index contributed by atoms with van der Waals surface area (Å²) >= 11 is 5.16. The number of nitrogens with zero attached hydrogens (tertiary/aromatic N) is 3. The molecule has 2 aromatic rings. The predicted octanol–water partition coefficient (Wildman–Crippen LogP) is 1.63. The van der Waals surface area contributed by atoms with E-state index in [1.807, 2.05) is 0 Å². The Morgan fingerprint density at radius 3 is 2.83 bits per heavy atom. The van der Waals surface area contributed by atoms with E-state index in [0.29, 0.717) is 42.7 Å². The molecule has 0 atom stereocenters. The molecule has 1 N–H and O–H groups in total. The number of aromatic nitrogens is 4. The first-order valence-electron chi connectivity index (χ1n) is 7.32. The van der Waals surface area contributed by atoms with Crippen LogP contribution in [-0.2, 0) is 22.5 Å². The lowest BCUT2D eigenvalue weighted by atomic mass is 10.1. The summed E-state index contributed by atoms with van der Waals surface area (Å²) in [6.07, 6.45) is 7.82. The molecule has 2 rings (SSSR count). The summed E-state index contributed by atoms with van der Waals surface area (Å²) in [7, 11) is 0. The Hall–Kier alpha value is -2.35. The molecule has 0 saturated heterocycles. The van der Waals surface area contributed by atoms with Crippen LogP contribution in [0.5, 0.6) is 0 Å². The van der Waals surface area contributed by atoms with Gasteiger partial charge in [0.2, 0.25) is 0 Å². The van der Waals surface area contributed by atoms with Gasteiger partial charge in [-0.15, -0.1) is 0 Å². The lowest BCUT2D eigenvalue weighted by molar-refractivity contribution is -0.143. The molecule has 0 aliphatic carbocycles. The Bertz CT molecular complexity index is 770. The molecule has 0 fully saturated rings. The first kappa shape index (κ1) is 17.0. The van der Waals surface area contributed by atoms with E-state index < -0.39 is 0 Å². The molecular formula is C15H18N4O3S. The van der Waals surface area contributed by atoms with Gasteiger partial charge in [-0.25, -0.2) is 9.97 Å². The summed E-state index contributed by atoms with van der Waals surface area (Å²) in [6, 6.07) is 0. The molecule has 0 radical (unpaired) electrons. The fourth-order valence-electron chi connectivity index (χ4n) is 2.11. The molecule has 8 heteroatoms. The number of nitrogens with one attached hydrogen (secondary N) is 1. The molecule has 0 aliphatic heterocycles. The van der Waals surface area contributed by atoms with Crippen molar-refractivity contribution in [1.82, 2.24) is 19.5 Å². The van der Waals surface area contributed by atoms with Crippen molar-refractivity contribution in [3.05, 3.63) is 51.2 Å². The minimum absolute atomic E-state index is 0.222. The van der Waals surface area contributed by atoms with Gasteiger partial charge in [-0.05, 0) is 31.1 Å². The zero-order chi connectivity index (χ0) is 16.7. The van der Waals surface area contributed by atoms with Crippen LogP contribution in [0.2, 0.25) is 0 Å². The number of hydrogen-bond donors (Lipinski definition) is 1. The highest BCUT2D eigenvalue weighted by Gasteiger charge is 2.06. The van der Waals surface area contributed by atoms with E-state index >= 15 is 0 Å². The van der Waals surface area contributed by atoms with Gasteiger partial charge in [0, 0.05) is 43.5 Å². The maximum absolute atomic E-state index is 12.0. The number of esters is 1. The van der Waals surface area contributed by atoms with Crippen LogP contribution in [-0.4, -0.2) is 32.1 Å². The number of rotatable bonds is 7. The van der Waals surface area contributed by atoms with Gasteiger partial charge in [0.1, 0.15) is 6.33 Å². The standard InChI is InChI=1S/C15H18N4O3S/c1-2-22-13(20)4-3-5-19-9-12(14(21)18-15(19)23)6-11-7-16-10-17-8-11/h7-10H,2-6H2,1H3,(H,18,21,23). The molecule has 23 heavy (non-hydrogen) atoms. The number of aromatic amines is 1. The van der Waals surface area contributed by atoms with Crippen molar-refractivity contribution < 1.29 is 9.53 Å². The smallest absolute Gasteiger partial charge is 0.305 e. The third-order valence-corrected chi connectivity index (χ3v) is 3.52. The highest BCUT2D eigenvalue weighted by Crippen LogP contribution is 2.04. The van der Waals surface area contributed by atoms with Crippen molar-refractivity contribution in [2.75, 3.05) is 6.61 Å². The van der Waals surface area contributed by atoms with Gasteiger partial charge >= 0.3 is 5.97 Å². The minimum atomic E-state index is -0.231. The molecule has 0 unspecified atom stereocenters. The molecule has 0 aliphatic rings. The monoisotopic (exact) mass is 334 g/mol. The molecule has 0 spiro atoms. The zero-order valence-corrected chi connectivity index (χ0v) is 13.6. The first-order chi connectivity index (χ1) is 11.1. The Labute approximate surface area is 138 Å². The highest BCUT2D eigenvalue weighted by atomic mass is 32.1. The number of carbonyl (C=O) groups is 1. The largest absolute Gasteiger partial charge is 0.466 e. The lowest BCUT2D eigenvalue weighted by Gasteiger charge is -2.09. The molecule has 0 bridgehead atoms. The first-order valence-corrected chi connectivity index (χ1v) is 7.73. The van der Waals surface area contributed by atoms with Gasteiger partial charge in [0.25, 0.3) is 5.56 Å². The van der Waals surface area contributed by atoms with Crippen LogP contribution in [0.4, 0.5) is 0 Å². The fraction of sp³-hybridized carbons (Fsp3) is 0.400. The van der Waals surface area contributed by atoms with Crippen LogP contribution in [0, 0.1) is 4.77 Å². The molecule has 2 heterocycles. The van der Waals surface area contributed by atoms with Crippen LogP contribution in [0.3, 0.4) is 0 Å². The fourth-order valence-corrected chi connectivity index (χ4v) is 2.35. The SMILES string of the molecule is CCOC(=O)CCCn1cc(Cc2cncnc2)c(=O)[nH]c1=S. The second kappa shape index (κ2) is 8.33. The molecular weight excluding hydrogens is 316 g/mol. The Kier molecular flexibility index (Phi) is 6.16. The van der Waals surface area contributed by atoms with Crippen LogP contribution in [0.15, 0.2) is 29.7 Å². The van der Waals surface area contributed by atoms with Crippen LogP contribution < -0.4 is 5.56 Å². The summed E-state index contributed by atoms with van der Waals surface area (Å²) in [4.78, 5) is 33.9. The third-order valence-electron chi connectivity index (χ3n) is 3.18. The van der Waals surface area contributed by atoms with Crippen molar-refractivity contribution in [3.63, 3.8) is 0 Å². The molecule has 7 nitrogen and oxygen atoms in total. The number of aryl methyl sites for hydroxylation is 1. The predicted molar refractivity (Wildman–Crippen MR) is 86.6 cm³/mol. The van der Waals surface area contributed by atoms with Crippen molar-refractivity contribution in [3.8, 4) is 0 Å². The van der Waals surface area contributed by atoms with E-state index in [2.05, 4.69) is 15.0 Å². The van der Waals surface area contributed by atoms with E-state index in [1.165, 1.54) is 6.33 Å². The van der Waals surface area contributed by atoms with Gasteiger partial charge in [0.15, 0.2) is 4.77 Å². The molecule has 0 aromatic carbocycles. The van der Waals surface area contributed by atoms with Crippen molar-refractivity contribution in [1.29, 1.82) is 0 Å². The number of hydrogen-bond acceptors (Lipinski definition) is 6.